The van der Waals surface area contributed by atoms with Gasteiger partial charge in [0.2, 0.25) is 5.88 Å². The first kappa shape index (κ1) is 11.0. The monoisotopic (exact) mass is 261 g/mol. The smallest absolute Gasteiger partial charge is 0.215 e. The molecule has 0 saturated heterocycles. The van der Waals surface area contributed by atoms with Gasteiger partial charge in [0.25, 0.3) is 0 Å². The quantitative estimate of drug-likeness (QED) is 0.753. The lowest BCUT2D eigenvalue weighted by molar-refractivity contribution is 0.328. The van der Waals surface area contributed by atoms with E-state index < -0.39 is 0 Å². The van der Waals surface area contributed by atoms with Gasteiger partial charge < -0.3 is 15.5 Å². The highest BCUT2D eigenvalue weighted by atomic mass is 32.1. The summed E-state index contributed by atoms with van der Waals surface area (Å²) < 4.78 is 5.33. The van der Waals surface area contributed by atoms with Crippen LogP contribution in [0, 0.1) is 0 Å². The Labute approximate surface area is 107 Å². The molecule has 7 heteroatoms. The van der Waals surface area contributed by atoms with Gasteiger partial charge in [0.05, 0.1) is 12.1 Å². The Balaban J connectivity index is 2.05. The Bertz CT molecular complexity index is 690. The predicted octanol–water partition coefficient (Wildman–Crippen LogP) is 2.06. The van der Waals surface area contributed by atoms with Crippen LogP contribution < -0.4 is 10.5 Å². The molecule has 0 aliphatic rings. The second-order valence-electron chi connectivity index (χ2n) is 3.61. The van der Waals surface area contributed by atoms with Crippen molar-refractivity contribution in [3.05, 3.63) is 17.5 Å². The number of nitrogens with two attached hydrogens (primary N) is 1. The minimum absolute atomic E-state index is 0.522. The SMILES string of the molecule is CCOc1ccc2[nH]c(-c3csc(N)n3)nc2n1. The van der Waals surface area contributed by atoms with Crippen LogP contribution in [-0.4, -0.2) is 26.5 Å². The van der Waals surface area contributed by atoms with E-state index in [-0.39, 0.29) is 0 Å². The fraction of sp³-hybridized carbons (Fsp3) is 0.182. The average molecular weight is 261 g/mol. The Hall–Kier alpha value is -2.15. The molecule has 0 atom stereocenters. The van der Waals surface area contributed by atoms with E-state index in [4.69, 9.17) is 10.5 Å². The summed E-state index contributed by atoms with van der Waals surface area (Å²) in [6.07, 6.45) is 0. The Morgan fingerprint density at radius 1 is 1.33 bits per heavy atom. The first-order valence-corrected chi connectivity index (χ1v) is 6.35. The van der Waals surface area contributed by atoms with Gasteiger partial charge in [0.15, 0.2) is 16.6 Å². The summed E-state index contributed by atoms with van der Waals surface area (Å²) in [4.78, 5) is 16.0. The lowest BCUT2D eigenvalue weighted by atomic mass is 10.4. The molecule has 3 rings (SSSR count). The van der Waals surface area contributed by atoms with Crippen LogP contribution in [0.5, 0.6) is 5.88 Å². The lowest BCUT2D eigenvalue weighted by Gasteiger charge is -1.99. The molecule has 0 fully saturated rings. The molecule has 0 unspecified atom stereocenters. The highest BCUT2D eigenvalue weighted by Crippen LogP contribution is 2.23. The number of imidazole rings is 1. The topological polar surface area (TPSA) is 89.7 Å². The average Bonchev–Trinajstić information content (AvgIpc) is 2.94. The van der Waals surface area contributed by atoms with Gasteiger partial charge in [0, 0.05) is 11.4 Å². The zero-order valence-corrected chi connectivity index (χ0v) is 10.5. The number of H-pyrrole nitrogens is 1. The van der Waals surface area contributed by atoms with E-state index >= 15 is 0 Å². The van der Waals surface area contributed by atoms with Crippen LogP contribution in [0.25, 0.3) is 22.7 Å². The summed E-state index contributed by atoms with van der Waals surface area (Å²) in [7, 11) is 0. The molecule has 3 N–H and O–H groups in total. The molecule has 0 aliphatic carbocycles. The maximum absolute atomic E-state index is 5.60. The maximum Gasteiger partial charge on any atom is 0.215 e. The summed E-state index contributed by atoms with van der Waals surface area (Å²) in [5.74, 6) is 1.24. The van der Waals surface area contributed by atoms with Crippen molar-refractivity contribution in [3.8, 4) is 17.4 Å². The summed E-state index contributed by atoms with van der Waals surface area (Å²) in [5.41, 5.74) is 7.79. The molecule has 0 saturated carbocycles. The largest absolute Gasteiger partial charge is 0.478 e. The third-order valence-electron chi connectivity index (χ3n) is 2.38. The van der Waals surface area contributed by atoms with E-state index in [1.165, 1.54) is 11.3 Å². The Morgan fingerprint density at radius 3 is 2.94 bits per heavy atom. The van der Waals surface area contributed by atoms with Crippen LogP contribution in [0.15, 0.2) is 17.5 Å². The number of hydrogen-bond acceptors (Lipinski definition) is 6. The number of nitrogen functional groups attached to an aromatic ring is 1. The third kappa shape index (κ3) is 1.88. The highest BCUT2D eigenvalue weighted by Gasteiger charge is 2.10. The van der Waals surface area contributed by atoms with Gasteiger partial charge in [-0.1, -0.05) is 0 Å². The molecule has 92 valence electrons. The second-order valence-corrected chi connectivity index (χ2v) is 4.50. The summed E-state index contributed by atoms with van der Waals surface area (Å²) in [6, 6.07) is 3.70. The second kappa shape index (κ2) is 4.26. The molecule has 0 aromatic carbocycles. The van der Waals surface area contributed by atoms with E-state index in [9.17, 15) is 0 Å². The van der Waals surface area contributed by atoms with Crippen LogP contribution in [0.4, 0.5) is 5.13 Å². The minimum atomic E-state index is 0.522. The fourth-order valence-corrected chi connectivity index (χ4v) is 2.17. The zero-order valence-electron chi connectivity index (χ0n) is 9.67. The van der Waals surface area contributed by atoms with Crippen molar-refractivity contribution in [2.24, 2.45) is 0 Å². The van der Waals surface area contributed by atoms with Crippen LogP contribution in [-0.2, 0) is 0 Å². The number of hydrogen-bond donors (Lipinski definition) is 2. The summed E-state index contributed by atoms with van der Waals surface area (Å²) in [5, 5.41) is 2.38. The molecule has 0 aliphatic heterocycles. The molecular weight excluding hydrogens is 250 g/mol. The van der Waals surface area contributed by atoms with Crippen LogP contribution in [0.3, 0.4) is 0 Å². The van der Waals surface area contributed by atoms with Crippen molar-refractivity contribution in [1.29, 1.82) is 0 Å². The van der Waals surface area contributed by atoms with Gasteiger partial charge in [-0.05, 0) is 13.0 Å². The van der Waals surface area contributed by atoms with Gasteiger partial charge in [0.1, 0.15) is 5.69 Å². The molecule has 0 bridgehead atoms. The summed E-state index contributed by atoms with van der Waals surface area (Å²) in [6.45, 7) is 2.50. The number of aromatic amines is 1. The van der Waals surface area contributed by atoms with E-state index in [0.717, 1.165) is 11.2 Å². The molecule has 6 nitrogen and oxygen atoms in total. The van der Waals surface area contributed by atoms with Gasteiger partial charge in [-0.2, -0.15) is 4.98 Å². The molecule has 3 aromatic rings. The van der Waals surface area contributed by atoms with Crippen LogP contribution in [0.2, 0.25) is 0 Å². The molecule has 0 amide bonds. The van der Waals surface area contributed by atoms with Crippen molar-refractivity contribution < 1.29 is 4.74 Å². The third-order valence-corrected chi connectivity index (χ3v) is 3.05. The molecule has 18 heavy (non-hydrogen) atoms. The molecule has 3 aromatic heterocycles. The first-order valence-electron chi connectivity index (χ1n) is 5.47. The van der Waals surface area contributed by atoms with E-state index in [0.29, 0.717) is 29.1 Å². The number of nitrogens with one attached hydrogen (secondary N) is 1. The van der Waals surface area contributed by atoms with Crippen LogP contribution in [0.1, 0.15) is 6.92 Å². The standard InChI is InChI=1S/C11H11N5OS/c1-2-17-8-4-3-6-9(15-8)16-10(13-6)7-5-18-11(12)14-7/h3-5H,2H2,1H3,(H2,12,14)(H,13,15,16). The lowest BCUT2D eigenvalue weighted by Crippen LogP contribution is -1.93. The maximum atomic E-state index is 5.60. The number of fused-ring (bicyclic) bond motifs is 1. The minimum Gasteiger partial charge on any atom is -0.478 e. The number of nitrogens with zero attached hydrogens (tertiary/aromatic N) is 3. The van der Waals surface area contributed by atoms with Gasteiger partial charge in [-0.3, -0.25) is 0 Å². The van der Waals surface area contributed by atoms with E-state index in [2.05, 4.69) is 19.9 Å². The highest BCUT2D eigenvalue weighted by molar-refractivity contribution is 7.13. The number of ether oxygens (including phenoxy) is 1. The summed E-state index contributed by atoms with van der Waals surface area (Å²) >= 11 is 1.38. The Kier molecular flexibility index (Phi) is 2.60. The van der Waals surface area contributed by atoms with Gasteiger partial charge in [-0.25, -0.2) is 9.97 Å². The first-order chi connectivity index (χ1) is 8.76. The number of thiazole rings is 1. The Morgan fingerprint density at radius 2 is 2.22 bits per heavy atom. The molecule has 0 radical (unpaired) electrons. The fourth-order valence-electron chi connectivity index (χ4n) is 1.62. The number of pyridine rings is 1. The van der Waals surface area contributed by atoms with E-state index in [1.807, 2.05) is 24.4 Å². The van der Waals surface area contributed by atoms with Crippen LogP contribution >= 0.6 is 11.3 Å². The molecular formula is C11H11N5OS. The van der Waals surface area contributed by atoms with Crippen molar-refractivity contribution in [2.75, 3.05) is 12.3 Å². The predicted molar refractivity (Wildman–Crippen MR) is 70.6 cm³/mol. The number of rotatable bonds is 3. The van der Waals surface area contributed by atoms with Crippen molar-refractivity contribution in [3.63, 3.8) is 0 Å². The molecule has 0 spiro atoms. The molecule has 3 heterocycles. The number of anilines is 1. The number of aromatic nitrogens is 4. The van der Waals surface area contributed by atoms with Crippen molar-refractivity contribution in [2.45, 2.75) is 6.92 Å². The van der Waals surface area contributed by atoms with Gasteiger partial charge in [-0.15, -0.1) is 11.3 Å². The van der Waals surface area contributed by atoms with Crippen molar-refractivity contribution in [1.82, 2.24) is 19.9 Å². The van der Waals surface area contributed by atoms with Gasteiger partial charge >= 0.3 is 0 Å². The zero-order chi connectivity index (χ0) is 12.5. The normalized spacial score (nSPS) is 10.9. The van der Waals surface area contributed by atoms with E-state index in [1.54, 1.807) is 0 Å². The van der Waals surface area contributed by atoms with Crippen molar-refractivity contribution >= 4 is 27.6 Å².